The van der Waals surface area contributed by atoms with Crippen LogP contribution in [0.2, 0.25) is 0 Å². The van der Waals surface area contributed by atoms with Crippen molar-refractivity contribution in [2.75, 3.05) is 28.4 Å². The molecule has 0 aliphatic rings. The standard InChI is InChI=1S/C30H28NO4.BF4/c1-32-23-15-8-13-21-27(23)30(29-25(34-3)17-10-18-26(29)35-4)28-22(14-9-16-24(28)33-2)31(21)19-20-11-6-5-7-12-20;2-1(3,4)5/h5-18H,19H2,1-4H3;/q+1;-1. The van der Waals surface area contributed by atoms with Crippen molar-refractivity contribution >= 4 is 29.1 Å². The predicted octanol–water partition coefficient (Wildman–Crippen LogP) is 7.33. The van der Waals surface area contributed by atoms with Gasteiger partial charge in [-0.15, -0.1) is 0 Å². The molecule has 0 saturated heterocycles. The fraction of sp³-hybridized carbons (Fsp3) is 0.167. The van der Waals surface area contributed by atoms with Gasteiger partial charge in [0.2, 0.25) is 11.0 Å². The van der Waals surface area contributed by atoms with Gasteiger partial charge in [0.1, 0.15) is 23.0 Å². The summed E-state index contributed by atoms with van der Waals surface area (Å²) in [6, 6.07) is 28.6. The van der Waals surface area contributed by atoms with E-state index in [1.807, 2.05) is 48.5 Å². The van der Waals surface area contributed by atoms with E-state index in [2.05, 4.69) is 41.0 Å². The van der Waals surface area contributed by atoms with Crippen LogP contribution in [0.5, 0.6) is 23.0 Å². The summed E-state index contributed by atoms with van der Waals surface area (Å²) < 4.78 is 64.9. The van der Waals surface area contributed by atoms with Crippen LogP contribution in [0, 0.1) is 0 Å². The number of hydrogen-bond donors (Lipinski definition) is 0. The third-order valence-electron chi connectivity index (χ3n) is 6.39. The number of fused-ring (bicyclic) bond motifs is 2. The number of methoxy groups -OCH3 is 4. The van der Waals surface area contributed by atoms with Gasteiger partial charge in [-0.05, 0) is 24.3 Å². The summed E-state index contributed by atoms with van der Waals surface area (Å²) >= 11 is 0. The lowest BCUT2D eigenvalue weighted by Crippen LogP contribution is -2.36. The Morgan fingerprint density at radius 2 is 0.925 bits per heavy atom. The van der Waals surface area contributed by atoms with Crippen LogP contribution < -0.4 is 23.5 Å². The van der Waals surface area contributed by atoms with E-state index < -0.39 is 7.25 Å². The van der Waals surface area contributed by atoms with E-state index in [-0.39, 0.29) is 0 Å². The summed E-state index contributed by atoms with van der Waals surface area (Å²) in [6.45, 7) is 0.692. The first-order chi connectivity index (χ1) is 19.2. The number of benzene rings is 4. The molecule has 4 aromatic carbocycles. The molecule has 0 saturated carbocycles. The molecule has 0 bridgehead atoms. The fourth-order valence-corrected chi connectivity index (χ4v) is 4.87. The number of aromatic nitrogens is 1. The minimum Gasteiger partial charge on any atom is -0.496 e. The molecule has 5 nitrogen and oxygen atoms in total. The summed E-state index contributed by atoms with van der Waals surface area (Å²) in [6.07, 6.45) is 0. The maximum atomic E-state index is 9.75. The molecule has 0 amide bonds. The van der Waals surface area contributed by atoms with Crippen molar-refractivity contribution in [2.24, 2.45) is 0 Å². The van der Waals surface area contributed by atoms with Crippen LogP contribution >= 0.6 is 0 Å². The number of ether oxygens (including phenoxy) is 4. The summed E-state index contributed by atoms with van der Waals surface area (Å²) in [5.41, 5.74) is 5.08. The zero-order valence-corrected chi connectivity index (χ0v) is 22.5. The summed E-state index contributed by atoms with van der Waals surface area (Å²) in [5.74, 6) is 2.95. The lowest BCUT2D eigenvalue weighted by molar-refractivity contribution is -0.635. The van der Waals surface area contributed by atoms with E-state index in [1.165, 1.54) is 5.56 Å². The molecule has 0 radical (unpaired) electrons. The molecule has 0 spiro atoms. The van der Waals surface area contributed by atoms with Gasteiger partial charge in [-0.3, -0.25) is 0 Å². The Hall–Kier alpha value is -4.47. The molecular weight excluding hydrogens is 525 g/mol. The first-order valence-corrected chi connectivity index (χ1v) is 12.3. The van der Waals surface area contributed by atoms with Gasteiger partial charge in [0.15, 0.2) is 6.54 Å². The van der Waals surface area contributed by atoms with E-state index >= 15 is 0 Å². The van der Waals surface area contributed by atoms with Crippen molar-refractivity contribution in [3.05, 3.63) is 90.5 Å². The SMILES string of the molecule is COc1cccc(OC)c1-c1c2c(OC)cccc2[n+](Cc2ccccc2)c2cccc(OC)c12.F[B-](F)(F)F. The second-order valence-electron chi connectivity index (χ2n) is 8.69. The van der Waals surface area contributed by atoms with Gasteiger partial charge >= 0.3 is 7.25 Å². The van der Waals surface area contributed by atoms with E-state index in [1.54, 1.807) is 28.4 Å². The average molecular weight is 553 g/mol. The lowest BCUT2D eigenvalue weighted by atomic mass is 9.93. The molecule has 10 heteroatoms. The monoisotopic (exact) mass is 553 g/mol. The van der Waals surface area contributed by atoms with E-state index in [0.29, 0.717) is 18.0 Å². The van der Waals surface area contributed by atoms with Crippen LogP contribution in [0.3, 0.4) is 0 Å². The smallest absolute Gasteiger partial charge is 0.496 e. The zero-order valence-electron chi connectivity index (χ0n) is 22.5. The Labute approximate surface area is 229 Å². The zero-order chi connectivity index (χ0) is 28.9. The molecule has 5 rings (SSSR count). The number of halogens is 4. The third kappa shape index (κ3) is 5.90. The summed E-state index contributed by atoms with van der Waals surface area (Å²) in [4.78, 5) is 0. The fourth-order valence-electron chi connectivity index (χ4n) is 4.87. The molecule has 0 unspecified atom stereocenters. The molecule has 0 fully saturated rings. The van der Waals surface area contributed by atoms with Gasteiger partial charge in [0.25, 0.3) is 0 Å². The topological polar surface area (TPSA) is 40.8 Å². The Morgan fingerprint density at radius 1 is 0.525 bits per heavy atom. The molecule has 0 atom stereocenters. The molecule has 40 heavy (non-hydrogen) atoms. The molecular formula is C30H28BF4NO4. The number of pyridine rings is 1. The van der Waals surface area contributed by atoms with Crippen LogP contribution in [0.25, 0.3) is 32.9 Å². The Morgan fingerprint density at radius 3 is 1.35 bits per heavy atom. The quantitative estimate of drug-likeness (QED) is 0.0916. The molecule has 5 aromatic rings. The van der Waals surface area contributed by atoms with Crippen LogP contribution in [-0.4, -0.2) is 35.7 Å². The number of nitrogens with zero attached hydrogens (tertiary/aromatic N) is 1. The molecule has 0 aliphatic heterocycles. The van der Waals surface area contributed by atoms with Crippen LogP contribution in [0.15, 0.2) is 84.9 Å². The van der Waals surface area contributed by atoms with Gasteiger partial charge in [-0.1, -0.05) is 48.5 Å². The highest BCUT2D eigenvalue weighted by Crippen LogP contribution is 2.48. The van der Waals surface area contributed by atoms with Crippen LogP contribution in [-0.2, 0) is 6.54 Å². The van der Waals surface area contributed by atoms with E-state index in [0.717, 1.165) is 44.4 Å². The number of rotatable bonds is 7. The summed E-state index contributed by atoms with van der Waals surface area (Å²) in [5, 5.41) is 1.93. The van der Waals surface area contributed by atoms with E-state index in [4.69, 9.17) is 18.9 Å². The van der Waals surface area contributed by atoms with Gasteiger partial charge < -0.3 is 36.2 Å². The normalized spacial score (nSPS) is 11.1. The minimum atomic E-state index is -6.00. The van der Waals surface area contributed by atoms with Gasteiger partial charge in [-0.25, -0.2) is 0 Å². The second kappa shape index (κ2) is 12.2. The Kier molecular flexibility index (Phi) is 8.67. The van der Waals surface area contributed by atoms with Gasteiger partial charge in [0.05, 0.1) is 44.8 Å². The van der Waals surface area contributed by atoms with Crippen molar-refractivity contribution < 1.29 is 40.8 Å². The lowest BCUT2D eigenvalue weighted by Gasteiger charge is -2.19. The Bertz CT molecular complexity index is 1540. The van der Waals surface area contributed by atoms with Gasteiger partial charge in [-0.2, -0.15) is 4.57 Å². The van der Waals surface area contributed by atoms with Crippen molar-refractivity contribution in [3.8, 4) is 34.1 Å². The molecule has 1 aromatic heterocycles. The average Bonchev–Trinajstić information content (AvgIpc) is 2.95. The second-order valence-corrected chi connectivity index (χ2v) is 8.69. The van der Waals surface area contributed by atoms with Crippen LogP contribution in [0.1, 0.15) is 5.56 Å². The molecule has 0 N–H and O–H groups in total. The maximum Gasteiger partial charge on any atom is 0.673 e. The maximum absolute atomic E-state index is 9.75. The minimum absolute atomic E-state index is 0.692. The molecule has 1 heterocycles. The highest BCUT2D eigenvalue weighted by molar-refractivity contribution is 6.50. The first-order valence-electron chi connectivity index (χ1n) is 12.3. The van der Waals surface area contributed by atoms with Crippen molar-refractivity contribution in [1.82, 2.24) is 0 Å². The largest absolute Gasteiger partial charge is 0.673 e. The van der Waals surface area contributed by atoms with Crippen LogP contribution in [0.4, 0.5) is 17.3 Å². The van der Waals surface area contributed by atoms with Gasteiger partial charge in [0, 0.05) is 23.3 Å². The number of hydrogen-bond acceptors (Lipinski definition) is 4. The third-order valence-corrected chi connectivity index (χ3v) is 6.39. The van der Waals surface area contributed by atoms with Crippen molar-refractivity contribution in [1.29, 1.82) is 0 Å². The van der Waals surface area contributed by atoms with Crippen molar-refractivity contribution in [2.45, 2.75) is 6.54 Å². The highest BCUT2D eigenvalue weighted by atomic mass is 19.5. The molecule has 0 aliphatic carbocycles. The first kappa shape index (κ1) is 28.5. The predicted molar refractivity (Wildman–Crippen MR) is 149 cm³/mol. The highest BCUT2D eigenvalue weighted by Gasteiger charge is 2.29. The summed E-state index contributed by atoms with van der Waals surface area (Å²) in [7, 11) is 0.753. The van der Waals surface area contributed by atoms with E-state index in [9.17, 15) is 17.3 Å². The molecule has 208 valence electrons. The Balaban J connectivity index is 0.000000681. The van der Waals surface area contributed by atoms with Crippen molar-refractivity contribution in [3.63, 3.8) is 0 Å².